The van der Waals surface area contributed by atoms with Crippen LogP contribution in [-0.2, 0) is 12.5 Å². The van der Waals surface area contributed by atoms with E-state index in [-0.39, 0.29) is 5.41 Å². The minimum absolute atomic E-state index is 0.0698. The monoisotopic (exact) mass is 650 g/mol. The van der Waals surface area contributed by atoms with Crippen LogP contribution in [0, 0.1) is 6.92 Å². The molecule has 4 aromatic carbocycles. The van der Waals surface area contributed by atoms with Crippen molar-refractivity contribution in [3.63, 3.8) is 0 Å². The van der Waals surface area contributed by atoms with Gasteiger partial charge in [0.1, 0.15) is 0 Å². The van der Waals surface area contributed by atoms with Gasteiger partial charge in [0.25, 0.3) is 0 Å². The summed E-state index contributed by atoms with van der Waals surface area (Å²) in [5.74, 6) is 0. The van der Waals surface area contributed by atoms with Crippen molar-refractivity contribution >= 4 is 42.3 Å². The van der Waals surface area contributed by atoms with Crippen LogP contribution in [0.25, 0.3) is 33.2 Å². The second kappa shape index (κ2) is 8.39. The zero-order valence-corrected chi connectivity index (χ0v) is 24.6. The molecular formula is C33H31BiN+. The second-order valence-corrected chi connectivity index (χ2v) is 19.0. The van der Waals surface area contributed by atoms with Gasteiger partial charge in [0.05, 0.1) is 0 Å². The molecule has 172 valence electrons. The van der Waals surface area contributed by atoms with E-state index >= 15 is 0 Å². The Balaban J connectivity index is 1.60. The van der Waals surface area contributed by atoms with Crippen LogP contribution in [0.3, 0.4) is 0 Å². The maximum absolute atomic E-state index is 2.51. The quantitative estimate of drug-likeness (QED) is 0.174. The number of pyridine rings is 1. The van der Waals surface area contributed by atoms with Crippen LogP contribution in [0.1, 0.15) is 31.9 Å². The molecule has 5 aromatic rings. The average Bonchev–Trinajstić information content (AvgIpc) is 3.19. The van der Waals surface area contributed by atoms with Crippen LogP contribution < -0.4 is 14.4 Å². The number of rotatable bonds is 2. The van der Waals surface area contributed by atoms with E-state index in [9.17, 15) is 0 Å². The van der Waals surface area contributed by atoms with Crippen molar-refractivity contribution in [3.05, 3.63) is 108 Å². The predicted octanol–water partition coefficient (Wildman–Crippen LogP) is 5.43. The Hall–Kier alpha value is -2.83. The molecule has 0 saturated heterocycles. The topological polar surface area (TPSA) is 3.88 Å². The fourth-order valence-electron chi connectivity index (χ4n) is 5.57. The summed E-state index contributed by atoms with van der Waals surface area (Å²) in [5.41, 5.74) is 8.41. The normalized spacial score (nSPS) is 13.2. The van der Waals surface area contributed by atoms with E-state index in [0.717, 1.165) is 0 Å². The minimum atomic E-state index is -2.36. The van der Waals surface area contributed by atoms with E-state index in [4.69, 9.17) is 0 Å². The van der Waals surface area contributed by atoms with Gasteiger partial charge in [-0.05, 0) is 0 Å². The molecule has 0 amide bonds. The molecule has 0 unspecified atom stereocenters. The molecule has 0 fully saturated rings. The summed E-state index contributed by atoms with van der Waals surface area (Å²) in [6, 6.07) is 34.5. The molecule has 0 bridgehead atoms. The Labute approximate surface area is 216 Å². The van der Waals surface area contributed by atoms with Crippen molar-refractivity contribution in [1.29, 1.82) is 0 Å². The van der Waals surface area contributed by atoms with Gasteiger partial charge in [0.15, 0.2) is 0 Å². The summed E-state index contributed by atoms with van der Waals surface area (Å²) in [4.78, 5) is 0. The SMILES string of the molecule is Cc1c(-c2c[c]([Bi]3[c]4ccccc4-c4cccc[c]43)cc[n+]2C)cc(C(C)(C)C)c2ccccc12. The van der Waals surface area contributed by atoms with Crippen molar-refractivity contribution in [3.8, 4) is 22.4 Å². The number of hydrogen-bond acceptors (Lipinski definition) is 0. The Kier molecular flexibility index (Phi) is 5.42. The van der Waals surface area contributed by atoms with Gasteiger partial charge in [-0.3, -0.25) is 0 Å². The van der Waals surface area contributed by atoms with Crippen LogP contribution in [0.5, 0.6) is 0 Å². The molecule has 0 saturated carbocycles. The van der Waals surface area contributed by atoms with Crippen LogP contribution in [0.2, 0.25) is 0 Å². The Morgan fingerprint density at radius 3 is 1.86 bits per heavy atom. The van der Waals surface area contributed by atoms with Crippen LogP contribution >= 0.6 is 0 Å². The molecule has 0 N–H and O–H groups in total. The molecule has 6 rings (SSSR count). The molecule has 2 heteroatoms. The van der Waals surface area contributed by atoms with Gasteiger partial charge in [-0.1, -0.05) is 0 Å². The van der Waals surface area contributed by atoms with Gasteiger partial charge in [-0.15, -0.1) is 0 Å². The fourth-order valence-corrected chi connectivity index (χ4v) is 15.8. The molecule has 0 atom stereocenters. The molecule has 1 nitrogen and oxygen atoms in total. The van der Waals surface area contributed by atoms with Gasteiger partial charge >= 0.3 is 218 Å². The zero-order chi connectivity index (χ0) is 24.3. The predicted molar refractivity (Wildman–Crippen MR) is 151 cm³/mol. The average molecular weight is 651 g/mol. The first-order chi connectivity index (χ1) is 16.8. The fraction of sp³-hybridized carbons (Fsp3) is 0.182. The van der Waals surface area contributed by atoms with Gasteiger partial charge in [-0.2, -0.15) is 0 Å². The first-order valence-electron chi connectivity index (χ1n) is 12.4. The summed E-state index contributed by atoms with van der Waals surface area (Å²) >= 11 is -2.36. The van der Waals surface area contributed by atoms with E-state index in [2.05, 4.69) is 137 Å². The van der Waals surface area contributed by atoms with E-state index in [1.165, 1.54) is 44.3 Å². The van der Waals surface area contributed by atoms with Gasteiger partial charge < -0.3 is 0 Å². The summed E-state index contributed by atoms with van der Waals surface area (Å²) < 4.78 is 7.07. The molecule has 1 aromatic heterocycles. The standard InChI is InChI=1S/C21H23N.C12H8.Bi/c1-15-16-10-6-7-11-17(16)19(21(2,3)4)14-18(15)20-12-8-9-13-22(20)5;1-3-7-11(8-4-1)12-9-5-2-6-10-12;/h6-7,9-14H,1-5H3;1-7,9H;/q+1;;. The first kappa shape index (κ1) is 22.6. The van der Waals surface area contributed by atoms with Gasteiger partial charge in [0.2, 0.25) is 0 Å². The third-order valence-electron chi connectivity index (χ3n) is 7.37. The number of aromatic nitrogens is 1. The molecule has 35 heavy (non-hydrogen) atoms. The summed E-state index contributed by atoms with van der Waals surface area (Å²) in [6.07, 6.45) is 2.29. The van der Waals surface area contributed by atoms with Crippen molar-refractivity contribution in [1.82, 2.24) is 0 Å². The van der Waals surface area contributed by atoms with E-state index < -0.39 is 21.8 Å². The van der Waals surface area contributed by atoms with Crippen LogP contribution in [0.4, 0.5) is 0 Å². The van der Waals surface area contributed by atoms with E-state index in [1.807, 2.05) is 0 Å². The molecule has 1 aliphatic heterocycles. The molecular weight excluding hydrogens is 619 g/mol. The van der Waals surface area contributed by atoms with Crippen molar-refractivity contribution in [2.24, 2.45) is 7.05 Å². The van der Waals surface area contributed by atoms with Crippen LogP contribution in [0.15, 0.2) is 97.2 Å². The number of aryl methyl sites for hydroxylation is 2. The van der Waals surface area contributed by atoms with Crippen molar-refractivity contribution in [2.75, 3.05) is 0 Å². The van der Waals surface area contributed by atoms with E-state index in [1.54, 1.807) is 9.81 Å². The Bertz CT molecular complexity index is 1560. The number of hydrogen-bond donors (Lipinski definition) is 0. The summed E-state index contributed by atoms with van der Waals surface area (Å²) in [7, 11) is 2.19. The van der Waals surface area contributed by atoms with Gasteiger partial charge in [-0.25, -0.2) is 0 Å². The molecule has 1 aliphatic rings. The number of fused-ring (bicyclic) bond motifs is 4. The van der Waals surface area contributed by atoms with E-state index in [0.29, 0.717) is 0 Å². The molecule has 0 spiro atoms. The van der Waals surface area contributed by atoms with Crippen LogP contribution in [-0.4, -0.2) is 21.8 Å². The molecule has 0 aliphatic carbocycles. The zero-order valence-electron chi connectivity index (χ0n) is 21.1. The number of benzene rings is 4. The Morgan fingerprint density at radius 1 is 0.657 bits per heavy atom. The summed E-state index contributed by atoms with van der Waals surface area (Å²) in [6.45, 7) is 9.27. The number of nitrogens with zero attached hydrogens (tertiary/aromatic N) is 1. The molecule has 0 radical (unpaired) electrons. The second-order valence-electron chi connectivity index (χ2n) is 10.6. The third kappa shape index (κ3) is 3.66. The summed E-state index contributed by atoms with van der Waals surface area (Å²) in [5, 5.41) is 2.73. The third-order valence-corrected chi connectivity index (χ3v) is 17.2. The maximum atomic E-state index is 2.51. The van der Waals surface area contributed by atoms with Crippen molar-refractivity contribution < 1.29 is 4.57 Å². The molecule has 2 heterocycles. The first-order valence-corrected chi connectivity index (χ1v) is 17.6. The van der Waals surface area contributed by atoms with Gasteiger partial charge in [0, 0.05) is 0 Å². The van der Waals surface area contributed by atoms with Crippen molar-refractivity contribution in [2.45, 2.75) is 33.1 Å². The Morgan fingerprint density at radius 2 is 1.23 bits per heavy atom.